The monoisotopic (exact) mass is 805 g/mol. The first kappa shape index (κ1) is 36.3. The van der Waals surface area contributed by atoms with Crippen LogP contribution in [-0.4, -0.2) is 24.9 Å². The van der Waals surface area contributed by atoms with Crippen molar-refractivity contribution in [1.29, 1.82) is 0 Å². The quantitative estimate of drug-likeness (QED) is 0.160. The summed E-state index contributed by atoms with van der Waals surface area (Å²) in [4.78, 5) is 25.7. The molecule has 63 heavy (non-hydrogen) atoms. The molecule has 0 spiro atoms. The van der Waals surface area contributed by atoms with Gasteiger partial charge in [-0.05, 0) is 63.0 Å². The van der Waals surface area contributed by atoms with Gasteiger partial charge in [-0.25, -0.2) is 24.9 Å². The fraction of sp³-hybridized carbons (Fsp3) is 0. The molecule has 0 unspecified atom stereocenters. The van der Waals surface area contributed by atoms with Crippen molar-refractivity contribution >= 4 is 43.5 Å². The van der Waals surface area contributed by atoms with Crippen molar-refractivity contribution in [2.45, 2.75) is 0 Å². The second kappa shape index (κ2) is 15.1. The summed E-state index contributed by atoms with van der Waals surface area (Å²) in [6.45, 7) is 0. The van der Waals surface area contributed by atoms with Crippen LogP contribution in [0.4, 0.5) is 0 Å². The molecule has 0 aliphatic rings. The van der Waals surface area contributed by atoms with E-state index in [1.54, 1.807) is 0 Å². The summed E-state index contributed by atoms with van der Waals surface area (Å²) in [5, 5.41) is 6.64. The number of hydrogen-bond donors (Lipinski definition) is 0. The Balaban J connectivity index is 1.01. The number of aromatic nitrogens is 5. The molecule has 12 aromatic rings. The van der Waals surface area contributed by atoms with Gasteiger partial charge in [-0.1, -0.05) is 182 Å². The second-order valence-electron chi connectivity index (χ2n) is 15.6. The van der Waals surface area contributed by atoms with E-state index in [1.807, 2.05) is 78.9 Å². The lowest BCUT2D eigenvalue weighted by molar-refractivity contribution is 0.670. The van der Waals surface area contributed by atoms with Gasteiger partial charge < -0.3 is 4.42 Å². The lowest BCUT2D eigenvalue weighted by Gasteiger charge is -2.12. The van der Waals surface area contributed by atoms with Gasteiger partial charge in [0.15, 0.2) is 23.3 Å². The molecule has 0 radical (unpaired) electrons. The highest BCUT2D eigenvalue weighted by molar-refractivity contribution is 6.28. The molecule has 3 heterocycles. The lowest BCUT2D eigenvalue weighted by atomic mass is 9.97. The molecule has 0 amide bonds. The second-order valence-corrected chi connectivity index (χ2v) is 15.6. The highest BCUT2D eigenvalue weighted by atomic mass is 16.3. The molecule has 9 aromatic carbocycles. The minimum Gasteiger partial charge on any atom is -0.455 e. The lowest BCUT2D eigenvalue weighted by Crippen LogP contribution is -2.00. The fourth-order valence-corrected chi connectivity index (χ4v) is 8.66. The zero-order valence-electron chi connectivity index (χ0n) is 33.9. The van der Waals surface area contributed by atoms with E-state index in [9.17, 15) is 0 Å². The normalized spacial score (nSPS) is 11.5. The molecule has 0 bridgehead atoms. The number of furan rings is 1. The van der Waals surface area contributed by atoms with Gasteiger partial charge in [0.1, 0.15) is 11.2 Å². The molecule has 0 saturated heterocycles. The Morgan fingerprint density at radius 2 is 0.762 bits per heavy atom. The van der Waals surface area contributed by atoms with Crippen molar-refractivity contribution in [2.24, 2.45) is 0 Å². The van der Waals surface area contributed by atoms with Crippen LogP contribution in [0, 0.1) is 0 Å². The van der Waals surface area contributed by atoms with Crippen molar-refractivity contribution in [1.82, 2.24) is 24.9 Å². The summed E-state index contributed by atoms with van der Waals surface area (Å²) in [5.41, 5.74) is 10.9. The van der Waals surface area contributed by atoms with Gasteiger partial charge >= 0.3 is 0 Å². The average Bonchev–Trinajstić information content (AvgIpc) is 3.78. The third-order valence-electron chi connectivity index (χ3n) is 11.7. The SMILES string of the molecule is c1ccc(-c2cc(-c3cccc(-c4cccc(-c5nc(-c6ccccc6)nc(-c6cc7ccccc7c7c6oc6ccc8ccccc8c67)n5)c4)c3)nc(-c3ccccc3)n2)cc1. The van der Waals surface area contributed by atoms with Crippen molar-refractivity contribution in [3.05, 3.63) is 212 Å². The first-order valence-corrected chi connectivity index (χ1v) is 21.0. The van der Waals surface area contributed by atoms with E-state index in [0.717, 1.165) is 99.4 Å². The minimum atomic E-state index is 0.539. The van der Waals surface area contributed by atoms with Gasteiger partial charge in [0, 0.05) is 38.6 Å². The molecule has 0 saturated carbocycles. The molecule has 0 aliphatic carbocycles. The summed E-state index contributed by atoms with van der Waals surface area (Å²) in [7, 11) is 0. The molecule has 3 aromatic heterocycles. The van der Waals surface area contributed by atoms with Crippen LogP contribution in [0.2, 0.25) is 0 Å². The van der Waals surface area contributed by atoms with E-state index in [-0.39, 0.29) is 0 Å². The number of nitrogens with zero attached hydrogens (tertiary/aromatic N) is 5. The Hall–Kier alpha value is -8.61. The first-order chi connectivity index (χ1) is 31.2. The topological polar surface area (TPSA) is 77.6 Å². The molecular weight excluding hydrogens is 771 g/mol. The maximum atomic E-state index is 6.83. The predicted molar refractivity (Wildman–Crippen MR) is 256 cm³/mol. The van der Waals surface area contributed by atoms with Gasteiger partial charge in [0.2, 0.25) is 0 Å². The zero-order valence-corrected chi connectivity index (χ0v) is 33.9. The van der Waals surface area contributed by atoms with Crippen LogP contribution in [0.25, 0.3) is 123 Å². The molecule has 294 valence electrons. The summed E-state index contributed by atoms with van der Waals surface area (Å²) >= 11 is 0. The van der Waals surface area contributed by atoms with Crippen LogP contribution in [0.5, 0.6) is 0 Å². The summed E-state index contributed by atoms with van der Waals surface area (Å²) in [6.07, 6.45) is 0. The maximum Gasteiger partial charge on any atom is 0.167 e. The van der Waals surface area contributed by atoms with Crippen molar-refractivity contribution < 1.29 is 4.42 Å². The van der Waals surface area contributed by atoms with E-state index in [0.29, 0.717) is 23.3 Å². The van der Waals surface area contributed by atoms with Crippen LogP contribution in [0.3, 0.4) is 0 Å². The first-order valence-electron chi connectivity index (χ1n) is 21.0. The molecule has 0 atom stereocenters. The predicted octanol–water partition coefficient (Wildman–Crippen LogP) is 14.5. The highest BCUT2D eigenvalue weighted by Gasteiger charge is 2.22. The Labute approximate surface area is 362 Å². The summed E-state index contributed by atoms with van der Waals surface area (Å²) in [6, 6.07) is 72.8. The van der Waals surface area contributed by atoms with Crippen LogP contribution in [0.1, 0.15) is 0 Å². The van der Waals surface area contributed by atoms with E-state index in [2.05, 4.69) is 133 Å². The van der Waals surface area contributed by atoms with Crippen molar-refractivity contribution in [3.8, 4) is 79.2 Å². The maximum absolute atomic E-state index is 6.83. The smallest absolute Gasteiger partial charge is 0.167 e. The summed E-state index contributed by atoms with van der Waals surface area (Å²) in [5.74, 6) is 2.37. The van der Waals surface area contributed by atoms with Crippen molar-refractivity contribution in [2.75, 3.05) is 0 Å². The van der Waals surface area contributed by atoms with Crippen LogP contribution in [0.15, 0.2) is 217 Å². The van der Waals surface area contributed by atoms with E-state index < -0.39 is 0 Å². The van der Waals surface area contributed by atoms with E-state index in [1.165, 1.54) is 0 Å². The third kappa shape index (κ3) is 6.58. The summed E-state index contributed by atoms with van der Waals surface area (Å²) < 4.78 is 6.83. The zero-order chi connectivity index (χ0) is 41.7. The Morgan fingerprint density at radius 3 is 1.44 bits per heavy atom. The Bertz CT molecular complexity index is 3620. The van der Waals surface area contributed by atoms with E-state index >= 15 is 0 Å². The highest BCUT2D eigenvalue weighted by Crippen LogP contribution is 2.43. The molecule has 0 N–H and O–H groups in total. The van der Waals surface area contributed by atoms with Gasteiger partial charge in [-0.2, -0.15) is 0 Å². The Morgan fingerprint density at radius 1 is 0.286 bits per heavy atom. The van der Waals surface area contributed by atoms with Crippen LogP contribution >= 0.6 is 0 Å². The van der Waals surface area contributed by atoms with Gasteiger partial charge in [0.05, 0.1) is 17.0 Å². The number of benzene rings is 9. The molecule has 0 aliphatic heterocycles. The average molecular weight is 806 g/mol. The Kier molecular flexibility index (Phi) is 8.71. The molecule has 6 heteroatoms. The largest absolute Gasteiger partial charge is 0.455 e. The molecule has 6 nitrogen and oxygen atoms in total. The van der Waals surface area contributed by atoms with Crippen LogP contribution < -0.4 is 0 Å². The van der Waals surface area contributed by atoms with Gasteiger partial charge in [-0.15, -0.1) is 0 Å². The van der Waals surface area contributed by atoms with Gasteiger partial charge in [0.25, 0.3) is 0 Å². The molecule has 12 rings (SSSR count). The number of fused-ring (bicyclic) bond motifs is 7. The number of hydrogen-bond acceptors (Lipinski definition) is 6. The minimum absolute atomic E-state index is 0.539. The van der Waals surface area contributed by atoms with Crippen molar-refractivity contribution in [3.63, 3.8) is 0 Å². The number of rotatable bonds is 7. The van der Waals surface area contributed by atoms with Gasteiger partial charge in [-0.3, -0.25) is 0 Å². The third-order valence-corrected chi connectivity index (χ3v) is 11.7. The molecule has 0 fully saturated rings. The van der Waals surface area contributed by atoms with E-state index in [4.69, 9.17) is 29.3 Å². The standard InChI is InChI=1S/C57H35N5O/c1-4-17-37(18-5-1)48-35-49(59-54(58-48)38-19-6-2-7-20-38)43-26-14-24-40(32-43)41-25-15-27-44(33-41)56-60-55(39-21-8-3-9-22-39)61-57(62-56)47-34-42-23-11-13-29-46(42)52-51-45-28-12-10-16-36(45)30-31-50(51)63-53(47)52/h1-35H. The molecular formula is C57H35N5O. The fourth-order valence-electron chi connectivity index (χ4n) is 8.66. The van der Waals surface area contributed by atoms with Crippen LogP contribution in [-0.2, 0) is 0 Å².